The summed E-state index contributed by atoms with van der Waals surface area (Å²) in [5.74, 6) is 0. The summed E-state index contributed by atoms with van der Waals surface area (Å²) in [5.41, 5.74) is 0.108. The van der Waals surface area contributed by atoms with Gasteiger partial charge >= 0.3 is 0 Å². The van der Waals surface area contributed by atoms with Crippen LogP contribution in [0.25, 0.3) is 0 Å². The van der Waals surface area contributed by atoms with Gasteiger partial charge in [0.1, 0.15) is 0 Å². The molecule has 4 nitrogen and oxygen atoms in total. The van der Waals surface area contributed by atoms with Crippen molar-refractivity contribution in [3.05, 3.63) is 30.3 Å². The minimum Gasteiger partial charge on any atom is -0.319 e. The van der Waals surface area contributed by atoms with Crippen molar-refractivity contribution in [3.63, 3.8) is 0 Å². The standard InChI is InChI=1S/C13H20N2O2S/c1-14-10-13(8-5-9-13)11-15-18(16,17)12-6-3-2-4-7-12/h2-4,6-7,14-15H,5,8-11H2,1H3. The fraction of sp³-hybridized carbons (Fsp3) is 0.538. The first-order valence-corrected chi connectivity index (χ1v) is 7.76. The number of benzene rings is 1. The number of hydrogen-bond acceptors (Lipinski definition) is 3. The highest BCUT2D eigenvalue weighted by Gasteiger charge is 2.37. The smallest absolute Gasteiger partial charge is 0.240 e. The van der Waals surface area contributed by atoms with Crippen LogP contribution in [0.1, 0.15) is 19.3 Å². The topological polar surface area (TPSA) is 58.2 Å². The van der Waals surface area contributed by atoms with Gasteiger partial charge in [0.15, 0.2) is 0 Å². The number of rotatable bonds is 6. The van der Waals surface area contributed by atoms with Gasteiger partial charge in [-0.05, 0) is 37.4 Å². The van der Waals surface area contributed by atoms with Gasteiger partial charge in [-0.2, -0.15) is 0 Å². The van der Waals surface area contributed by atoms with Crippen LogP contribution >= 0.6 is 0 Å². The number of hydrogen-bond donors (Lipinski definition) is 2. The number of sulfonamides is 1. The summed E-state index contributed by atoms with van der Waals surface area (Å²) in [5, 5.41) is 3.15. The van der Waals surface area contributed by atoms with Crippen LogP contribution in [0.15, 0.2) is 35.2 Å². The summed E-state index contributed by atoms with van der Waals surface area (Å²) in [7, 11) is -1.46. The molecule has 0 atom stereocenters. The van der Waals surface area contributed by atoms with E-state index in [1.165, 1.54) is 6.42 Å². The molecular weight excluding hydrogens is 248 g/mol. The second-order valence-electron chi connectivity index (χ2n) is 5.02. The Hall–Kier alpha value is -0.910. The molecule has 1 fully saturated rings. The van der Waals surface area contributed by atoms with E-state index in [-0.39, 0.29) is 5.41 Å². The molecule has 1 aliphatic rings. The van der Waals surface area contributed by atoms with Crippen molar-refractivity contribution >= 4 is 10.0 Å². The van der Waals surface area contributed by atoms with Gasteiger partial charge in [0, 0.05) is 13.1 Å². The van der Waals surface area contributed by atoms with Gasteiger partial charge in [-0.15, -0.1) is 0 Å². The van der Waals surface area contributed by atoms with Crippen LogP contribution < -0.4 is 10.0 Å². The maximum Gasteiger partial charge on any atom is 0.240 e. The van der Waals surface area contributed by atoms with Gasteiger partial charge in [0.05, 0.1) is 4.90 Å². The van der Waals surface area contributed by atoms with Crippen LogP contribution in [0.4, 0.5) is 0 Å². The van der Waals surface area contributed by atoms with Crippen LogP contribution in [0, 0.1) is 5.41 Å². The van der Waals surface area contributed by atoms with Gasteiger partial charge in [-0.25, -0.2) is 13.1 Å². The highest BCUT2D eigenvalue weighted by atomic mass is 32.2. The van der Waals surface area contributed by atoms with Crippen molar-refractivity contribution in [2.45, 2.75) is 24.2 Å². The monoisotopic (exact) mass is 268 g/mol. The van der Waals surface area contributed by atoms with Gasteiger partial charge in [-0.1, -0.05) is 24.6 Å². The Morgan fingerprint density at radius 3 is 2.33 bits per heavy atom. The fourth-order valence-corrected chi connectivity index (χ4v) is 3.58. The van der Waals surface area contributed by atoms with E-state index in [1.54, 1.807) is 24.3 Å². The summed E-state index contributed by atoms with van der Waals surface area (Å²) in [6.45, 7) is 1.38. The van der Waals surface area contributed by atoms with Crippen molar-refractivity contribution in [1.82, 2.24) is 10.0 Å². The zero-order chi connectivity index (χ0) is 13.1. The minimum absolute atomic E-state index is 0.108. The SMILES string of the molecule is CNCC1(CNS(=O)(=O)c2ccccc2)CCC1. The lowest BCUT2D eigenvalue weighted by molar-refractivity contribution is 0.139. The molecule has 0 unspecified atom stereocenters. The molecule has 0 bridgehead atoms. The van der Waals surface area contributed by atoms with Gasteiger partial charge in [0.2, 0.25) is 10.0 Å². The maximum absolute atomic E-state index is 12.1. The highest BCUT2D eigenvalue weighted by molar-refractivity contribution is 7.89. The van der Waals surface area contributed by atoms with Crippen LogP contribution in [0.5, 0.6) is 0 Å². The molecule has 0 heterocycles. The van der Waals surface area contributed by atoms with Crippen LogP contribution in [0.2, 0.25) is 0 Å². The summed E-state index contributed by atoms with van der Waals surface area (Å²) in [6.07, 6.45) is 3.37. The Kier molecular flexibility index (Phi) is 4.04. The molecule has 2 rings (SSSR count). The molecule has 5 heteroatoms. The first-order chi connectivity index (χ1) is 8.58. The van der Waals surface area contributed by atoms with E-state index in [9.17, 15) is 8.42 Å². The Morgan fingerprint density at radius 2 is 1.83 bits per heavy atom. The van der Waals surface area contributed by atoms with E-state index in [2.05, 4.69) is 10.0 Å². The third-order valence-electron chi connectivity index (χ3n) is 3.66. The summed E-state index contributed by atoms with van der Waals surface area (Å²) in [4.78, 5) is 0.337. The van der Waals surface area contributed by atoms with Gasteiger partial charge in [0.25, 0.3) is 0 Å². The van der Waals surface area contributed by atoms with E-state index in [1.807, 2.05) is 13.1 Å². The van der Waals surface area contributed by atoms with E-state index in [0.717, 1.165) is 19.4 Å². The van der Waals surface area contributed by atoms with E-state index < -0.39 is 10.0 Å². The zero-order valence-corrected chi connectivity index (χ0v) is 11.5. The van der Waals surface area contributed by atoms with Crippen molar-refractivity contribution < 1.29 is 8.42 Å². The predicted octanol–water partition coefficient (Wildman–Crippen LogP) is 1.35. The zero-order valence-electron chi connectivity index (χ0n) is 10.6. The average molecular weight is 268 g/mol. The lowest BCUT2D eigenvalue weighted by atomic mass is 9.69. The lowest BCUT2D eigenvalue weighted by Crippen LogP contribution is -2.47. The molecule has 0 aliphatic heterocycles. The Labute approximate surface area is 109 Å². The molecule has 100 valence electrons. The molecular formula is C13H20N2O2S. The fourth-order valence-electron chi connectivity index (χ4n) is 2.40. The molecule has 0 aromatic heterocycles. The third kappa shape index (κ3) is 2.91. The Morgan fingerprint density at radius 1 is 1.17 bits per heavy atom. The quantitative estimate of drug-likeness (QED) is 0.819. The lowest BCUT2D eigenvalue weighted by Gasteiger charge is -2.41. The normalized spacial score (nSPS) is 18.3. The second-order valence-corrected chi connectivity index (χ2v) is 6.79. The molecule has 2 N–H and O–H groups in total. The van der Waals surface area contributed by atoms with E-state index in [0.29, 0.717) is 11.4 Å². The van der Waals surface area contributed by atoms with Crippen molar-refractivity contribution in [3.8, 4) is 0 Å². The van der Waals surface area contributed by atoms with Crippen LogP contribution in [-0.4, -0.2) is 28.6 Å². The number of nitrogens with one attached hydrogen (secondary N) is 2. The predicted molar refractivity (Wildman–Crippen MR) is 71.8 cm³/mol. The molecule has 0 spiro atoms. The molecule has 0 amide bonds. The third-order valence-corrected chi connectivity index (χ3v) is 5.07. The van der Waals surface area contributed by atoms with Gasteiger partial charge < -0.3 is 5.32 Å². The summed E-state index contributed by atoms with van der Waals surface area (Å²) >= 11 is 0. The Balaban J connectivity index is 2.01. The Bertz CT molecular complexity index is 481. The van der Waals surface area contributed by atoms with Crippen molar-refractivity contribution in [1.29, 1.82) is 0 Å². The summed E-state index contributed by atoms with van der Waals surface area (Å²) < 4.78 is 26.9. The molecule has 1 aromatic rings. The van der Waals surface area contributed by atoms with E-state index >= 15 is 0 Å². The van der Waals surface area contributed by atoms with E-state index in [4.69, 9.17) is 0 Å². The van der Waals surface area contributed by atoms with Crippen molar-refractivity contribution in [2.75, 3.05) is 20.1 Å². The minimum atomic E-state index is -3.37. The highest BCUT2D eigenvalue weighted by Crippen LogP contribution is 2.39. The second kappa shape index (κ2) is 5.38. The van der Waals surface area contributed by atoms with Gasteiger partial charge in [-0.3, -0.25) is 0 Å². The molecule has 0 radical (unpaired) electrons. The first-order valence-electron chi connectivity index (χ1n) is 6.27. The molecule has 1 saturated carbocycles. The first kappa shape index (κ1) is 13.5. The summed E-state index contributed by atoms with van der Waals surface area (Å²) in [6, 6.07) is 8.53. The largest absolute Gasteiger partial charge is 0.319 e. The molecule has 1 aromatic carbocycles. The maximum atomic E-state index is 12.1. The average Bonchev–Trinajstić information content (AvgIpc) is 2.33. The van der Waals surface area contributed by atoms with Crippen LogP contribution in [-0.2, 0) is 10.0 Å². The molecule has 1 aliphatic carbocycles. The molecule has 0 saturated heterocycles. The molecule has 18 heavy (non-hydrogen) atoms. The van der Waals surface area contributed by atoms with Crippen molar-refractivity contribution in [2.24, 2.45) is 5.41 Å². The van der Waals surface area contributed by atoms with Crippen LogP contribution in [0.3, 0.4) is 0 Å².